The van der Waals surface area contributed by atoms with Gasteiger partial charge in [-0.3, -0.25) is 0 Å². The number of halogens is 2. The molecule has 9 heteroatoms. The number of sulfonamides is 1. The average Bonchev–Trinajstić information content (AvgIpc) is 2.69. The molecule has 0 fully saturated rings. The van der Waals surface area contributed by atoms with Crippen molar-refractivity contribution < 1.29 is 17.9 Å². The summed E-state index contributed by atoms with van der Waals surface area (Å²) < 4.78 is 34.2. The molecule has 0 radical (unpaired) electrons. The van der Waals surface area contributed by atoms with Crippen molar-refractivity contribution in [1.82, 2.24) is 0 Å². The lowest BCUT2D eigenvalue weighted by atomic mass is 10.2. The van der Waals surface area contributed by atoms with Crippen LogP contribution in [0, 0.1) is 0 Å². The maximum Gasteiger partial charge on any atom is 0.343 e. The highest BCUT2D eigenvalue weighted by atomic mass is 35.5. The van der Waals surface area contributed by atoms with E-state index in [0.29, 0.717) is 26.3 Å². The summed E-state index contributed by atoms with van der Waals surface area (Å²) in [6, 6.07) is 18.7. The van der Waals surface area contributed by atoms with Crippen LogP contribution in [0.5, 0.6) is 5.75 Å². The van der Waals surface area contributed by atoms with Gasteiger partial charge in [0.2, 0.25) is 0 Å². The molecular formula is C20H15Cl2NO4S2. The lowest BCUT2D eigenvalue weighted by Gasteiger charge is -2.07. The van der Waals surface area contributed by atoms with Crippen molar-refractivity contribution in [2.45, 2.75) is 9.79 Å². The molecule has 3 aromatic rings. The minimum absolute atomic E-state index is 0.0785. The first-order valence-corrected chi connectivity index (χ1v) is 12.0. The first-order chi connectivity index (χ1) is 13.7. The Morgan fingerprint density at radius 2 is 1.38 bits per heavy atom. The molecule has 3 aromatic carbocycles. The van der Waals surface area contributed by atoms with E-state index in [1.54, 1.807) is 54.8 Å². The summed E-state index contributed by atoms with van der Waals surface area (Å²) in [6.45, 7) is 0. The SMILES string of the molecule is C/S(=N\S(=O)(=O)c1ccc(Cl)cc1)c1ccc(OC(=O)c2ccc(Cl)cc2)cc1. The summed E-state index contributed by atoms with van der Waals surface area (Å²) in [5, 5.41) is 0.973. The Balaban J connectivity index is 1.75. The molecule has 0 amide bonds. The van der Waals surface area contributed by atoms with Crippen LogP contribution in [0.25, 0.3) is 0 Å². The first-order valence-electron chi connectivity index (χ1n) is 8.22. The van der Waals surface area contributed by atoms with Crippen molar-refractivity contribution in [3.05, 3.63) is 88.4 Å². The number of carbonyl (C=O) groups is 1. The van der Waals surface area contributed by atoms with Crippen LogP contribution < -0.4 is 4.74 Å². The maximum atomic E-state index is 12.4. The molecule has 0 N–H and O–H groups in total. The van der Waals surface area contributed by atoms with E-state index in [1.807, 2.05) is 0 Å². The molecule has 5 nitrogen and oxygen atoms in total. The molecule has 0 spiro atoms. The van der Waals surface area contributed by atoms with Crippen molar-refractivity contribution in [2.24, 2.45) is 3.77 Å². The van der Waals surface area contributed by atoms with Crippen LogP contribution in [0.2, 0.25) is 10.0 Å². The van der Waals surface area contributed by atoms with Crippen LogP contribution in [-0.4, -0.2) is 20.6 Å². The lowest BCUT2D eigenvalue weighted by molar-refractivity contribution is 0.0734. The van der Waals surface area contributed by atoms with Gasteiger partial charge in [-0.2, -0.15) is 8.42 Å². The number of carbonyl (C=O) groups excluding carboxylic acids is 1. The molecule has 3 rings (SSSR count). The second kappa shape index (κ2) is 9.09. The Morgan fingerprint density at radius 3 is 1.93 bits per heavy atom. The number of esters is 1. The van der Waals surface area contributed by atoms with E-state index >= 15 is 0 Å². The van der Waals surface area contributed by atoms with Gasteiger partial charge in [-0.1, -0.05) is 33.9 Å². The van der Waals surface area contributed by atoms with E-state index in [2.05, 4.69) is 3.77 Å². The topological polar surface area (TPSA) is 72.8 Å². The second-order valence-electron chi connectivity index (χ2n) is 5.85. The molecule has 0 aliphatic carbocycles. The molecule has 0 bridgehead atoms. The third kappa shape index (κ3) is 5.67. The Hall–Kier alpha value is -2.19. The van der Waals surface area contributed by atoms with E-state index in [1.165, 1.54) is 24.3 Å². The molecule has 0 saturated carbocycles. The standard InChI is InChI=1S/C20H15Cl2NO4S2/c1-28(23-29(25,26)19-12-6-16(22)7-13-19)18-10-8-17(9-11-18)27-20(24)14-2-4-15(21)5-3-14/h2-13H,1H3. The Morgan fingerprint density at radius 1 is 0.862 bits per heavy atom. The number of benzene rings is 3. The van der Waals surface area contributed by atoms with Gasteiger partial charge in [0.15, 0.2) is 0 Å². The molecule has 1 unspecified atom stereocenters. The number of hydrogen-bond donors (Lipinski definition) is 0. The lowest BCUT2D eigenvalue weighted by Crippen LogP contribution is -2.08. The summed E-state index contributed by atoms with van der Waals surface area (Å²) in [4.78, 5) is 12.9. The highest BCUT2D eigenvalue weighted by Gasteiger charge is 2.14. The average molecular weight is 468 g/mol. The Kier molecular flexibility index (Phi) is 6.74. The van der Waals surface area contributed by atoms with Crippen LogP contribution in [0.15, 0.2) is 86.4 Å². The van der Waals surface area contributed by atoms with Crippen molar-refractivity contribution in [3.8, 4) is 5.75 Å². The van der Waals surface area contributed by atoms with Gasteiger partial charge in [-0.15, -0.1) is 3.77 Å². The van der Waals surface area contributed by atoms with Gasteiger partial charge in [0.25, 0.3) is 10.0 Å². The summed E-state index contributed by atoms with van der Waals surface area (Å²) in [5.74, 6) is -0.175. The van der Waals surface area contributed by atoms with Crippen LogP contribution in [0.1, 0.15) is 10.4 Å². The molecule has 29 heavy (non-hydrogen) atoms. The molecule has 0 aliphatic heterocycles. The molecule has 0 aromatic heterocycles. The normalized spacial score (nSPS) is 12.5. The largest absolute Gasteiger partial charge is 0.423 e. The zero-order chi connectivity index (χ0) is 21.0. The minimum Gasteiger partial charge on any atom is -0.423 e. The highest BCUT2D eigenvalue weighted by molar-refractivity contribution is 7.99. The molecule has 0 saturated heterocycles. The van der Waals surface area contributed by atoms with Crippen molar-refractivity contribution >= 4 is 49.9 Å². The van der Waals surface area contributed by atoms with Gasteiger partial charge >= 0.3 is 5.97 Å². The Labute approximate surface area is 181 Å². The molecular weight excluding hydrogens is 453 g/mol. The van der Waals surface area contributed by atoms with Gasteiger partial charge in [-0.05, 0) is 79.1 Å². The second-order valence-corrected chi connectivity index (χ2v) is 10.2. The predicted octanol–water partition coefficient (Wildman–Crippen LogP) is 5.39. The maximum absolute atomic E-state index is 12.4. The fourth-order valence-corrected chi connectivity index (χ4v) is 5.42. The third-order valence-electron chi connectivity index (χ3n) is 3.78. The molecule has 0 aliphatic rings. The smallest absolute Gasteiger partial charge is 0.343 e. The molecule has 1 atom stereocenters. The van der Waals surface area contributed by atoms with Crippen LogP contribution in [0.3, 0.4) is 0 Å². The Bertz CT molecular complexity index is 1160. The van der Waals surface area contributed by atoms with E-state index in [4.69, 9.17) is 27.9 Å². The van der Waals surface area contributed by atoms with Crippen molar-refractivity contribution in [1.29, 1.82) is 0 Å². The van der Waals surface area contributed by atoms with Crippen molar-refractivity contribution in [2.75, 3.05) is 6.26 Å². The van der Waals surface area contributed by atoms with Crippen molar-refractivity contribution in [3.63, 3.8) is 0 Å². The molecule has 150 valence electrons. The van der Waals surface area contributed by atoms with Crippen LogP contribution >= 0.6 is 23.2 Å². The number of rotatable bonds is 5. The van der Waals surface area contributed by atoms with Gasteiger partial charge < -0.3 is 4.74 Å². The van der Waals surface area contributed by atoms with Gasteiger partial charge in [0.1, 0.15) is 5.75 Å². The summed E-state index contributed by atoms with van der Waals surface area (Å²) in [7, 11) is -4.73. The predicted molar refractivity (Wildman–Crippen MR) is 115 cm³/mol. The number of ether oxygens (including phenoxy) is 1. The van der Waals surface area contributed by atoms with Crippen LogP contribution in [-0.2, 0) is 20.7 Å². The fraction of sp³-hybridized carbons (Fsp3) is 0.0500. The minimum atomic E-state index is -3.81. The van der Waals surface area contributed by atoms with Gasteiger partial charge in [0.05, 0.1) is 10.5 Å². The van der Waals surface area contributed by atoms with E-state index < -0.39 is 26.7 Å². The quantitative estimate of drug-likeness (QED) is 0.372. The zero-order valence-electron chi connectivity index (χ0n) is 15.1. The van der Waals surface area contributed by atoms with E-state index in [-0.39, 0.29) is 4.90 Å². The fourth-order valence-electron chi connectivity index (χ4n) is 2.30. The summed E-state index contributed by atoms with van der Waals surface area (Å²) in [5.41, 5.74) is 0.373. The third-order valence-corrected chi connectivity index (χ3v) is 7.78. The van der Waals surface area contributed by atoms with E-state index in [0.717, 1.165) is 0 Å². The van der Waals surface area contributed by atoms with Gasteiger partial charge in [-0.25, -0.2) is 4.79 Å². The van der Waals surface area contributed by atoms with Gasteiger partial charge in [0, 0.05) is 14.9 Å². The van der Waals surface area contributed by atoms with E-state index in [9.17, 15) is 13.2 Å². The summed E-state index contributed by atoms with van der Waals surface area (Å²) in [6.07, 6.45) is 1.70. The van der Waals surface area contributed by atoms with Crippen LogP contribution in [0.4, 0.5) is 0 Å². The first kappa shape index (κ1) is 21.5. The highest BCUT2D eigenvalue weighted by Crippen LogP contribution is 2.21. The monoisotopic (exact) mass is 467 g/mol. The number of nitrogens with zero attached hydrogens (tertiary/aromatic N) is 1. The molecule has 0 heterocycles. The summed E-state index contributed by atoms with van der Waals surface area (Å²) >= 11 is 11.6. The number of hydrogen-bond acceptors (Lipinski definition) is 4. The zero-order valence-corrected chi connectivity index (χ0v) is 18.2.